The van der Waals surface area contributed by atoms with Gasteiger partial charge in [-0.1, -0.05) is 30.3 Å². The maximum absolute atomic E-state index is 13.2. The van der Waals surface area contributed by atoms with Gasteiger partial charge in [-0.05, 0) is 49.6 Å². The SMILES string of the molecule is C=CCN(c1ccccc1)S(=O)(=O)c1cccc(C(=O)O[C@@H]2CCCCC2=O)c1. The average Bonchev–Trinajstić information content (AvgIpc) is 2.74. The second kappa shape index (κ2) is 9.05. The number of esters is 1. The van der Waals surface area contributed by atoms with Crippen molar-refractivity contribution < 1.29 is 22.7 Å². The molecule has 0 radical (unpaired) electrons. The highest BCUT2D eigenvalue weighted by Crippen LogP contribution is 2.25. The van der Waals surface area contributed by atoms with Crippen LogP contribution < -0.4 is 4.31 Å². The molecule has 2 aromatic rings. The van der Waals surface area contributed by atoms with Crippen molar-refractivity contribution in [3.63, 3.8) is 0 Å². The molecular weight excluding hydrogens is 390 g/mol. The third-order valence-corrected chi connectivity index (χ3v) is 6.53. The zero-order chi connectivity index (χ0) is 20.9. The van der Waals surface area contributed by atoms with Crippen molar-refractivity contribution in [3.8, 4) is 0 Å². The second-order valence-electron chi connectivity index (χ2n) is 6.79. The molecule has 0 aliphatic heterocycles. The third-order valence-electron chi connectivity index (χ3n) is 4.74. The Morgan fingerprint density at radius 1 is 1.14 bits per heavy atom. The minimum absolute atomic E-state index is 0.0346. The normalized spacial score (nSPS) is 16.8. The number of ketones is 1. The Hall–Kier alpha value is -2.93. The van der Waals surface area contributed by atoms with Crippen LogP contribution in [0.15, 0.2) is 72.1 Å². The van der Waals surface area contributed by atoms with Crippen molar-refractivity contribution in [2.75, 3.05) is 10.8 Å². The zero-order valence-corrected chi connectivity index (χ0v) is 16.8. The van der Waals surface area contributed by atoms with Crippen LogP contribution in [0.25, 0.3) is 0 Å². The number of ether oxygens (including phenoxy) is 1. The number of benzene rings is 2. The van der Waals surface area contributed by atoms with Crippen LogP contribution in [0.5, 0.6) is 0 Å². The summed E-state index contributed by atoms with van der Waals surface area (Å²) in [6, 6.07) is 14.3. The molecule has 0 bridgehead atoms. The van der Waals surface area contributed by atoms with Gasteiger partial charge < -0.3 is 4.74 Å². The van der Waals surface area contributed by atoms with Gasteiger partial charge >= 0.3 is 5.97 Å². The van der Waals surface area contributed by atoms with Crippen LogP contribution in [-0.2, 0) is 19.6 Å². The number of hydrogen-bond donors (Lipinski definition) is 0. The number of hydrogen-bond acceptors (Lipinski definition) is 5. The monoisotopic (exact) mass is 413 g/mol. The van der Waals surface area contributed by atoms with Gasteiger partial charge in [-0.25, -0.2) is 13.2 Å². The summed E-state index contributed by atoms with van der Waals surface area (Å²) in [5, 5.41) is 0. The van der Waals surface area contributed by atoms with E-state index in [0.29, 0.717) is 18.5 Å². The number of sulfonamides is 1. The van der Waals surface area contributed by atoms with Gasteiger partial charge in [-0.3, -0.25) is 9.10 Å². The van der Waals surface area contributed by atoms with Crippen LogP contribution >= 0.6 is 0 Å². The molecule has 1 atom stereocenters. The Bertz CT molecular complexity index is 1000. The van der Waals surface area contributed by atoms with Gasteiger partial charge in [-0.15, -0.1) is 6.58 Å². The maximum Gasteiger partial charge on any atom is 0.338 e. The van der Waals surface area contributed by atoms with Crippen molar-refractivity contribution in [1.82, 2.24) is 0 Å². The van der Waals surface area contributed by atoms with Gasteiger partial charge in [0.2, 0.25) is 0 Å². The van der Waals surface area contributed by atoms with Crippen LogP contribution in [0.3, 0.4) is 0 Å². The van der Waals surface area contributed by atoms with E-state index in [1.807, 2.05) is 0 Å². The van der Waals surface area contributed by atoms with Crippen LogP contribution in [0.2, 0.25) is 0 Å². The number of carbonyl (C=O) groups is 2. The summed E-state index contributed by atoms with van der Waals surface area (Å²) in [6.45, 7) is 3.72. The smallest absolute Gasteiger partial charge is 0.338 e. The van der Waals surface area contributed by atoms with E-state index < -0.39 is 22.1 Å². The molecule has 6 nitrogen and oxygen atoms in total. The number of rotatable bonds is 7. The van der Waals surface area contributed by atoms with Gasteiger partial charge in [0.25, 0.3) is 10.0 Å². The van der Waals surface area contributed by atoms with E-state index in [4.69, 9.17) is 4.74 Å². The molecule has 0 saturated heterocycles. The molecule has 7 heteroatoms. The Morgan fingerprint density at radius 2 is 1.90 bits per heavy atom. The van der Waals surface area contributed by atoms with Crippen LogP contribution in [0.4, 0.5) is 5.69 Å². The van der Waals surface area contributed by atoms with E-state index >= 15 is 0 Å². The molecule has 0 amide bonds. The first-order valence-corrected chi connectivity index (χ1v) is 10.9. The molecule has 0 spiro atoms. The predicted molar refractivity (Wildman–Crippen MR) is 110 cm³/mol. The fourth-order valence-corrected chi connectivity index (χ4v) is 4.72. The largest absolute Gasteiger partial charge is 0.451 e. The molecule has 0 N–H and O–H groups in total. The molecule has 2 aromatic carbocycles. The number of carbonyl (C=O) groups excluding carboxylic acids is 2. The number of anilines is 1. The molecule has 0 heterocycles. The topological polar surface area (TPSA) is 80.8 Å². The van der Waals surface area contributed by atoms with Gasteiger partial charge in [0, 0.05) is 6.42 Å². The van der Waals surface area contributed by atoms with E-state index in [9.17, 15) is 18.0 Å². The van der Waals surface area contributed by atoms with E-state index in [2.05, 4.69) is 6.58 Å². The predicted octanol–water partition coefficient (Wildman–Crippen LogP) is 3.74. The lowest BCUT2D eigenvalue weighted by molar-refractivity contribution is -0.129. The summed E-state index contributed by atoms with van der Waals surface area (Å²) < 4.78 is 33.0. The summed E-state index contributed by atoms with van der Waals surface area (Å²) in [4.78, 5) is 24.4. The fourth-order valence-electron chi connectivity index (χ4n) is 3.24. The zero-order valence-electron chi connectivity index (χ0n) is 16.0. The van der Waals surface area contributed by atoms with Gasteiger partial charge in [0.15, 0.2) is 11.9 Å². The Morgan fingerprint density at radius 3 is 2.59 bits per heavy atom. The summed E-state index contributed by atoms with van der Waals surface area (Å²) in [7, 11) is -3.93. The lowest BCUT2D eigenvalue weighted by Gasteiger charge is -2.23. The van der Waals surface area contributed by atoms with Crippen LogP contribution in [0, 0.1) is 0 Å². The van der Waals surface area contributed by atoms with Crippen molar-refractivity contribution >= 4 is 27.5 Å². The van der Waals surface area contributed by atoms with E-state index in [1.54, 1.807) is 30.3 Å². The first kappa shape index (κ1) is 20.8. The number of nitrogens with zero attached hydrogens (tertiary/aromatic N) is 1. The summed E-state index contributed by atoms with van der Waals surface area (Å²) in [5.41, 5.74) is 0.587. The standard InChI is InChI=1S/C22H23NO5S/c1-2-15-23(18-10-4-3-5-11-18)29(26,27)19-12-8-9-17(16-19)22(25)28-21-14-7-6-13-20(21)24/h2-5,8-12,16,21H,1,6-7,13-15H2/t21-/m1/s1. The van der Waals surface area contributed by atoms with Crippen LogP contribution in [0.1, 0.15) is 36.0 Å². The molecule has 1 aliphatic rings. The quantitative estimate of drug-likeness (QED) is 0.510. The highest BCUT2D eigenvalue weighted by molar-refractivity contribution is 7.92. The minimum atomic E-state index is -3.93. The molecule has 1 saturated carbocycles. The lowest BCUT2D eigenvalue weighted by Crippen LogP contribution is -2.32. The summed E-state index contributed by atoms with van der Waals surface area (Å²) in [6.07, 6.45) is 3.28. The second-order valence-corrected chi connectivity index (χ2v) is 8.66. The molecule has 152 valence electrons. The average molecular weight is 413 g/mol. The van der Waals surface area contributed by atoms with Crippen molar-refractivity contribution in [1.29, 1.82) is 0 Å². The molecule has 0 aromatic heterocycles. The molecule has 0 unspecified atom stereocenters. The lowest BCUT2D eigenvalue weighted by atomic mass is 9.96. The Labute approximate surface area is 170 Å². The molecule has 1 aliphatic carbocycles. The molecular formula is C22H23NO5S. The van der Waals surface area contributed by atoms with E-state index in [0.717, 1.165) is 12.8 Å². The minimum Gasteiger partial charge on any atom is -0.451 e. The van der Waals surface area contributed by atoms with Gasteiger partial charge in [0.1, 0.15) is 0 Å². The highest BCUT2D eigenvalue weighted by Gasteiger charge is 2.28. The van der Waals surface area contributed by atoms with Gasteiger partial charge in [-0.2, -0.15) is 0 Å². The Kier molecular flexibility index (Phi) is 6.49. The third kappa shape index (κ3) is 4.74. The van der Waals surface area contributed by atoms with Crippen LogP contribution in [-0.4, -0.2) is 32.8 Å². The first-order chi connectivity index (χ1) is 13.9. The van der Waals surface area contributed by atoms with Gasteiger partial charge in [0.05, 0.1) is 22.7 Å². The number of para-hydroxylation sites is 1. The van der Waals surface area contributed by atoms with Crippen molar-refractivity contribution in [2.24, 2.45) is 0 Å². The first-order valence-electron chi connectivity index (χ1n) is 9.46. The molecule has 3 rings (SSSR count). The maximum atomic E-state index is 13.2. The summed E-state index contributed by atoms with van der Waals surface area (Å²) >= 11 is 0. The summed E-state index contributed by atoms with van der Waals surface area (Å²) in [5.74, 6) is -0.785. The molecule has 29 heavy (non-hydrogen) atoms. The molecule has 1 fully saturated rings. The number of Topliss-reactive ketones (excluding diaryl/α,β-unsaturated/α-hetero) is 1. The highest BCUT2D eigenvalue weighted by atomic mass is 32.2. The van der Waals surface area contributed by atoms with Crippen molar-refractivity contribution in [3.05, 3.63) is 72.8 Å². The fraction of sp³-hybridized carbons (Fsp3) is 0.273. The Balaban J connectivity index is 1.87. The van der Waals surface area contributed by atoms with E-state index in [-0.39, 0.29) is 22.8 Å². The van der Waals surface area contributed by atoms with Crippen molar-refractivity contribution in [2.45, 2.75) is 36.7 Å². The van der Waals surface area contributed by atoms with E-state index in [1.165, 1.54) is 34.6 Å².